The standard InChI is InChI=1S/C20H16F3NO3S2/c21-20(22,23)15-10-8-14(9-11-15)19(25)24-13-18(17-7-4-12-28-17)29(26,27)16-5-2-1-3-6-16/h1-12,18H,13H2,(H,24,25)/t18-/m0/s1. The zero-order valence-electron chi connectivity index (χ0n) is 14.9. The van der Waals surface area contributed by atoms with Crippen molar-refractivity contribution >= 4 is 27.1 Å². The first-order valence-electron chi connectivity index (χ1n) is 8.47. The minimum atomic E-state index is -4.50. The largest absolute Gasteiger partial charge is 0.416 e. The van der Waals surface area contributed by atoms with E-state index >= 15 is 0 Å². The van der Waals surface area contributed by atoms with Gasteiger partial charge in [-0.25, -0.2) is 8.42 Å². The van der Waals surface area contributed by atoms with Crippen LogP contribution in [-0.4, -0.2) is 20.9 Å². The third kappa shape index (κ3) is 4.86. The summed E-state index contributed by atoms with van der Waals surface area (Å²) in [7, 11) is -3.78. The van der Waals surface area contributed by atoms with Gasteiger partial charge in [-0.2, -0.15) is 13.2 Å². The fourth-order valence-electron chi connectivity index (χ4n) is 2.71. The second-order valence-electron chi connectivity index (χ2n) is 6.15. The van der Waals surface area contributed by atoms with Gasteiger partial charge in [0.05, 0.1) is 10.5 Å². The summed E-state index contributed by atoms with van der Waals surface area (Å²) in [6, 6.07) is 15.0. The van der Waals surface area contributed by atoms with E-state index in [1.54, 1.807) is 35.7 Å². The van der Waals surface area contributed by atoms with E-state index in [2.05, 4.69) is 5.32 Å². The molecule has 0 aliphatic heterocycles. The number of hydrogen-bond donors (Lipinski definition) is 1. The van der Waals surface area contributed by atoms with Crippen LogP contribution in [0.4, 0.5) is 13.2 Å². The summed E-state index contributed by atoms with van der Waals surface area (Å²) in [6.45, 7) is -0.211. The van der Waals surface area contributed by atoms with E-state index in [-0.39, 0.29) is 17.0 Å². The summed E-state index contributed by atoms with van der Waals surface area (Å²) in [5.74, 6) is -0.649. The molecule has 152 valence electrons. The lowest BCUT2D eigenvalue weighted by atomic mass is 10.1. The fraction of sp³-hybridized carbons (Fsp3) is 0.150. The van der Waals surface area contributed by atoms with E-state index in [1.165, 1.54) is 23.5 Å². The van der Waals surface area contributed by atoms with Crippen LogP contribution in [0.3, 0.4) is 0 Å². The molecule has 0 radical (unpaired) electrons. The quantitative estimate of drug-likeness (QED) is 0.605. The summed E-state index contributed by atoms with van der Waals surface area (Å²) in [6.07, 6.45) is -4.50. The van der Waals surface area contributed by atoms with Gasteiger partial charge in [-0.3, -0.25) is 4.79 Å². The summed E-state index contributed by atoms with van der Waals surface area (Å²) in [5, 5.41) is 3.25. The number of amides is 1. The first kappa shape index (κ1) is 21.1. The molecule has 0 aliphatic rings. The number of benzene rings is 2. The Labute approximate surface area is 169 Å². The normalized spacial score (nSPS) is 13.1. The molecule has 0 fully saturated rings. The molecule has 1 aromatic heterocycles. The van der Waals surface area contributed by atoms with Crippen LogP contribution in [0.15, 0.2) is 77.0 Å². The van der Waals surface area contributed by atoms with E-state index in [1.807, 2.05) is 0 Å². The van der Waals surface area contributed by atoms with Crippen LogP contribution in [0.25, 0.3) is 0 Å². The highest BCUT2D eigenvalue weighted by Gasteiger charge is 2.31. The van der Waals surface area contributed by atoms with Gasteiger partial charge in [0.15, 0.2) is 9.84 Å². The molecule has 0 spiro atoms. The van der Waals surface area contributed by atoms with Crippen LogP contribution in [0.5, 0.6) is 0 Å². The third-order valence-electron chi connectivity index (χ3n) is 4.23. The monoisotopic (exact) mass is 439 g/mol. The predicted octanol–water partition coefficient (Wildman–Crippen LogP) is 4.71. The van der Waals surface area contributed by atoms with Crippen molar-refractivity contribution in [2.24, 2.45) is 0 Å². The molecular formula is C20H16F3NO3S2. The number of rotatable bonds is 6. The highest BCUT2D eigenvalue weighted by Crippen LogP contribution is 2.32. The second-order valence-corrected chi connectivity index (χ2v) is 9.26. The summed E-state index contributed by atoms with van der Waals surface area (Å²) in [5.41, 5.74) is -0.850. The smallest absolute Gasteiger partial charge is 0.350 e. The Morgan fingerprint density at radius 3 is 2.17 bits per heavy atom. The molecular weight excluding hydrogens is 423 g/mol. The van der Waals surface area contributed by atoms with Gasteiger partial charge in [-0.15, -0.1) is 11.3 Å². The van der Waals surface area contributed by atoms with Crippen molar-refractivity contribution in [1.29, 1.82) is 0 Å². The minimum Gasteiger partial charge on any atom is -0.350 e. The average Bonchev–Trinajstić information content (AvgIpc) is 3.22. The Morgan fingerprint density at radius 2 is 1.62 bits per heavy atom. The van der Waals surface area contributed by atoms with E-state index in [4.69, 9.17) is 0 Å². The summed E-state index contributed by atoms with van der Waals surface area (Å²) < 4.78 is 64.1. The molecule has 0 unspecified atom stereocenters. The topological polar surface area (TPSA) is 63.2 Å². The molecule has 0 saturated heterocycles. The van der Waals surface area contributed by atoms with Crippen molar-refractivity contribution in [3.8, 4) is 0 Å². The van der Waals surface area contributed by atoms with E-state index in [0.717, 1.165) is 24.3 Å². The van der Waals surface area contributed by atoms with Crippen LogP contribution in [0, 0.1) is 0 Å². The van der Waals surface area contributed by atoms with Crippen LogP contribution in [0.1, 0.15) is 26.0 Å². The first-order chi connectivity index (χ1) is 13.7. The van der Waals surface area contributed by atoms with Gasteiger partial charge in [0.1, 0.15) is 5.25 Å². The maximum Gasteiger partial charge on any atom is 0.416 e. The lowest BCUT2D eigenvalue weighted by Crippen LogP contribution is -2.31. The van der Waals surface area contributed by atoms with E-state index < -0.39 is 32.7 Å². The number of nitrogens with one attached hydrogen (secondary N) is 1. The van der Waals surface area contributed by atoms with Crippen molar-refractivity contribution in [1.82, 2.24) is 5.32 Å². The molecule has 4 nitrogen and oxygen atoms in total. The number of hydrogen-bond acceptors (Lipinski definition) is 4. The predicted molar refractivity (Wildman–Crippen MR) is 104 cm³/mol. The first-order valence-corrected chi connectivity index (χ1v) is 10.9. The number of halogens is 3. The zero-order valence-corrected chi connectivity index (χ0v) is 16.5. The van der Waals surface area contributed by atoms with E-state index in [0.29, 0.717) is 4.88 Å². The van der Waals surface area contributed by atoms with Crippen LogP contribution in [0.2, 0.25) is 0 Å². The third-order valence-corrected chi connectivity index (χ3v) is 7.46. The van der Waals surface area contributed by atoms with Gasteiger partial charge in [0, 0.05) is 17.0 Å². The van der Waals surface area contributed by atoms with Crippen molar-refractivity contribution in [2.45, 2.75) is 16.3 Å². The highest BCUT2D eigenvalue weighted by molar-refractivity contribution is 7.91. The highest BCUT2D eigenvalue weighted by atomic mass is 32.2. The Hall–Kier alpha value is -2.65. The van der Waals surface area contributed by atoms with Gasteiger partial charge < -0.3 is 5.32 Å². The van der Waals surface area contributed by atoms with Gasteiger partial charge in [-0.1, -0.05) is 24.3 Å². The molecule has 29 heavy (non-hydrogen) atoms. The molecule has 1 amide bonds. The van der Waals surface area contributed by atoms with Crippen LogP contribution < -0.4 is 5.32 Å². The second kappa shape index (κ2) is 8.38. The number of alkyl halides is 3. The van der Waals surface area contributed by atoms with Gasteiger partial charge in [0.25, 0.3) is 5.91 Å². The minimum absolute atomic E-state index is 0.0139. The lowest BCUT2D eigenvalue weighted by molar-refractivity contribution is -0.137. The maximum atomic E-state index is 13.1. The Kier molecular flexibility index (Phi) is 6.09. The summed E-state index contributed by atoms with van der Waals surface area (Å²) in [4.78, 5) is 13.0. The Bertz CT molecular complexity index is 1060. The number of sulfone groups is 1. The molecule has 3 rings (SSSR count). The van der Waals surface area contributed by atoms with Gasteiger partial charge in [0.2, 0.25) is 0 Å². The molecule has 0 saturated carbocycles. The lowest BCUT2D eigenvalue weighted by Gasteiger charge is -2.17. The van der Waals surface area contributed by atoms with Crippen molar-refractivity contribution < 1.29 is 26.4 Å². The molecule has 3 aromatic rings. The van der Waals surface area contributed by atoms with Crippen molar-refractivity contribution in [2.75, 3.05) is 6.54 Å². The van der Waals surface area contributed by atoms with Crippen LogP contribution in [-0.2, 0) is 16.0 Å². The molecule has 1 heterocycles. The number of thiophene rings is 1. The zero-order chi connectivity index (χ0) is 21.1. The van der Waals surface area contributed by atoms with Crippen LogP contribution >= 0.6 is 11.3 Å². The molecule has 1 atom stereocenters. The fourth-order valence-corrected chi connectivity index (χ4v) is 5.52. The Morgan fingerprint density at radius 1 is 0.966 bits per heavy atom. The number of carbonyl (C=O) groups is 1. The van der Waals surface area contributed by atoms with Gasteiger partial charge >= 0.3 is 6.18 Å². The molecule has 0 aliphatic carbocycles. The SMILES string of the molecule is O=C(NC[C@@H](c1cccs1)S(=O)(=O)c1ccccc1)c1ccc(C(F)(F)F)cc1. The number of carbonyl (C=O) groups excluding carboxylic acids is 1. The molecule has 1 N–H and O–H groups in total. The van der Waals surface area contributed by atoms with Gasteiger partial charge in [-0.05, 0) is 47.8 Å². The van der Waals surface area contributed by atoms with Crippen molar-refractivity contribution in [3.63, 3.8) is 0 Å². The molecule has 0 bridgehead atoms. The molecule has 9 heteroatoms. The maximum absolute atomic E-state index is 13.1. The summed E-state index contributed by atoms with van der Waals surface area (Å²) >= 11 is 1.25. The molecule has 2 aromatic carbocycles. The average molecular weight is 439 g/mol. The van der Waals surface area contributed by atoms with E-state index in [9.17, 15) is 26.4 Å². The Balaban J connectivity index is 1.80. The van der Waals surface area contributed by atoms with Crippen molar-refractivity contribution in [3.05, 3.63) is 88.1 Å².